The van der Waals surface area contributed by atoms with Crippen molar-refractivity contribution >= 4 is 6.03 Å². The zero-order valence-electron chi connectivity index (χ0n) is 12.6. The van der Waals surface area contributed by atoms with E-state index in [2.05, 4.69) is 41.8 Å². The smallest absolute Gasteiger partial charge is 0.316 e. The second-order valence-electron chi connectivity index (χ2n) is 5.86. The molecule has 1 aliphatic carbocycles. The van der Waals surface area contributed by atoms with Crippen LogP contribution in [-0.2, 0) is 0 Å². The van der Waals surface area contributed by atoms with Gasteiger partial charge in [0.1, 0.15) is 0 Å². The molecule has 2 amide bonds. The molecule has 2 rings (SSSR count). The molecule has 1 aliphatic rings. The molecular weight excluding hydrogens is 250 g/mol. The summed E-state index contributed by atoms with van der Waals surface area (Å²) in [6, 6.07) is 9.37. The molecule has 20 heavy (non-hydrogen) atoms. The predicted octanol–water partition coefficient (Wildman–Crippen LogP) is 2.10. The molecule has 0 spiro atoms. The van der Waals surface area contributed by atoms with Crippen LogP contribution in [0.4, 0.5) is 4.79 Å². The number of carbonyl (C=O) groups is 1. The van der Waals surface area contributed by atoms with E-state index in [0.29, 0.717) is 18.5 Å². The maximum Gasteiger partial charge on any atom is 0.316 e. The summed E-state index contributed by atoms with van der Waals surface area (Å²) < 4.78 is 0. The minimum absolute atomic E-state index is 0.0296. The second kappa shape index (κ2) is 6.75. The van der Waals surface area contributed by atoms with Crippen LogP contribution >= 0.6 is 0 Å². The summed E-state index contributed by atoms with van der Waals surface area (Å²) in [6.07, 6.45) is 2.40. The number of carbonyl (C=O) groups excluding carboxylic acids is 1. The van der Waals surface area contributed by atoms with Crippen molar-refractivity contribution < 1.29 is 4.79 Å². The molecule has 4 heteroatoms. The summed E-state index contributed by atoms with van der Waals surface area (Å²) >= 11 is 0. The number of rotatable bonds is 5. The summed E-state index contributed by atoms with van der Waals surface area (Å²) in [5.41, 5.74) is 2.80. The highest BCUT2D eigenvalue weighted by Crippen LogP contribution is 2.36. The Hall–Kier alpha value is -1.55. The van der Waals surface area contributed by atoms with Crippen molar-refractivity contribution in [1.82, 2.24) is 15.5 Å². The highest BCUT2D eigenvalue weighted by molar-refractivity contribution is 5.73. The molecule has 0 saturated heterocycles. The molecule has 0 unspecified atom stereocenters. The Morgan fingerprint density at radius 1 is 1.30 bits per heavy atom. The molecule has 0 heterocycles. The van der Waals surface area contributed by atoms with Crippen molar-refractivity contribution in [2.24, 2.45) is 0 Å². The molecular formula is C16H25N3O. The Labute approximate surface area is 121 Å². The summed E-state index contributed by atoms with van der Waals surface area (Å²) in [7, 11) is 3.50. The lowest BCUT2D eigenvalue weighted by Crippen LogP contribution is -2.44. The van der Waals surface area contributed by atoms with Crippen LogP contribution in [0.3, 0.4) is 0 Å². The Balaban J connectivity index is 1.61. The zero-order chi connectivity index (χ0) is 14.5. The maximum absolute atomic E-state index is 11.3. The van der Waals surface area contributed by atoms with E-state index in [1.54, 1.807) is 19.0 Å². The van der Waals surface area contributed by atoms with Crippen molar-refractivity contribution in [1.29, 1.82) is 0 Å². The predicted molar refractivity (Wildman–Crippen MR) is 82.0 cm³/mol. The standard InChI is InChI=1S/C16H25N3O/c1-12-5-4-6-13(9-12)14-10-15(11-14)17-7-8-18-16(20)19(2)3/h4-6,9,14-15,17H,7-8,10-11H2,1-3H3,(H,18,20). The van der Waals surface area contributed by atoms with Crippen LogP contribution in [0.15, 0.2) is 24.3 Å². The van der Waals surface area contributed by atoms with Gasteiger partial charge in [-0.2, -0.15) is 0 Å². The van der Waals surface area contributed by atoms with Gasteiger partial charge in [-0.3, -0.25) is 0 Å². The first-order chi connectivity index (χ1) is 9.56. The molecule has 0 aliphatic heterocycles. The van der Waals surface area contributed by atoms with Gasteiger partial charge in [0.2, 0.25) is 0 Å². The van der Waals surface area contributed by atoms with Gasteiger partial charge in [-0.15, -0.1) is 0 Å². The van der Waals surface area contributed by atoms with E-state index in [-0.39, 0.29) is 6.03 Å². The number of amides is 2. The number of benzene rings is 1. The van der Waals surface area contributed by atoms with E-state index in [4.69, 9.17) is 0 Å². The van der Waals surface area contributed by atoms with Gasteiger partial charge in [0.25, 0.3) is 0 Å². The molecule has 0 aromatic heterocycles. The first kappa shape index (κ1) is 14.9. The molecule has 0 radical (unpaired) electrons. The fourth-order valence-electron chi connectivity index (χ4n) is 2.58. The molecule has 110 valence electrons. The monoisotopic (exact) mass is 275 g/mol. The minimum Gasteiger partial charge on any atom is -0.337 e. The van der Waals surface area contributed by atoms with Crippen LogP contribution in [0.1, 0.15) is 29.9 Å². The first-order valence-electron chi connectivity index (χ1n) is 7.31. The van der Waals surface area contributed by atoms with Gasteiger partial charge in [0, 0.05) is 33.2 Å². The molecule has 2 N–H and O–H groups in total. The van der Waals surface area contributed by atoms with Crippen molar-refractivity contribution in [3.05, 3.63) is 35.4 Å². The Kier molecular flexibility index (Phi) is 5.01. The van der Waals surface area contributed by atoms with E-state index in [1.165, 1.54) is 24.0 Å². The average molecular weight is 275 g/mol. The Bertz CT molecular complexity index is 453. The normalized spacial score (nSPS) is 21.1. The van der Waals surface area contributed by atoms with Crippen LogP contribution in [-0.4, -0.2) is 44.2 Å². The van der Waals surface area contributed by atoms with Crippen LogP contribution < -0.4 is 10.6 Å². The van der Waals surface area contributed by atoms with Gasteiger partial charge < -0.3 is 15.5 Å². The molecule has 1 aromatic carbocycles. The zero-order valence-corrected chi connectivity index (χ0v) is 12.6. The second-order valence-corrected chi connectivity index (χ2v) is 5.86. The molecule has 1 saturated carbocycles. The Morgan fingerprint density at radius 2 is 2.05 bits per heavy atom. The number of hydrogen-bond donors (Lipinski definition) is 2. The van der Waals surface area contributed by atoms with Gasteiger partial charge in [0.05, 0.1) is 0 Å². The minimum atomic E-state index is -0.0296. The number of aryl methyl sites for hydroxylation is 1. The molecule has 0 bridgehead atoms. The summed E-state index contributed by atoms with van der Waals surface area (Å²) in [5, 5.41) is 6.35. The topological polar surface area (TPSA) is 44.4 Å². The molecule has 4 nitrogen and oxygen atoms in total. The van der Waals surface area contributed by atoms with E-state index in [0.717, 1.165) is 6.54 Å². The number of hydrogen-bond acceptors (Lipinski definition) is 2. The van der Waals surface area contributed by atoms with E-state index in [9.17, 15) is 4.79 Å². The van der Waals surface area contributed by atoms with Gasteiger partial charge in [-0.25, -0.2) is 4.79 Å². The van der Waals surface area contributed by atoms with Gasteiger partial charge in [0.15, 0.2) is 0 Å². The number of nitrogens with one attached hydrogen (secondary N) is 2. The molecule has 1 fully saturated rings. The van der Waals surface area contributed by atoms with Gasteiger partial charge in [-0.05, 0) is 31.2 Å². The summed E-state index contributed by atoms with van der Waals surface area (Å²) in [5.74, 6) is 0.698. The summed E-state index contributed by atoms with van der Waals surface area (Å²) in [6.45, 7) is 3.67. The fraction of sp³-hybridized carbons (Fsp3) is 0.562. The quantitative estimate of drug-likeness (QED) is 0.808. The largest absolute Gasteiger partial charge is 0.337 e. The van der Waals surface area contributed by atoms with Crippen molar-refractivity contribution in [3.63, 3.8) is 0 Å². The lowest BCUT2D eigenvalue weighted by atomic mass is 9.75. The van der Waals surface area contributed by atoms with Gasteiger partial charge >= 0.3 is 6.03 Å². The van der Waals surface area contributed by atoms with Crippen molar-refractivity contribution in [2.75, 3.05) is 27.2 Å². The third-order valence-electron chi connectivity index (χ3n) is 3.89. The SMILES string of the molecule is Cc1cccc(C2CC(NCCNC(=O)N(C)C)C2)c1. The molecule has 1 aromatic rings. The molecule has 0 atom stereocenters. The van der Waals surface area contributed by atoms with E-state index >= 15 is 0 Å². The van der Waals surface area contributed by atoms with Crippen molar-refractivity contribution in [3.8, 4) is 0 Å². The lowest BCUT2D eigenvalue weighted by Gasteiger charge is -2.36. The third kappa shape index (κ3) is 3.97. The first-order valence-corrected chi connectivity index (χ1v) is 7.31. The van der Waals surface area contributed by atoms with Crippen LogP contribution in [0, 0.1) is 6.92 Å². The number of nitrogens with zero attached hydrogens (tertiary/aromatic N) is 1. The van der Waals surface area contributed by atoms with Crippen LogP contribution in [0.25, 0.3) is 0 Å². The summed E-state index contributed by atoms with van der Waals surface area (Å²) in [4.78, 5) is 12.9. The van der Waals surface area contributed by atoms with Crippen molar-refractivity contribution in [2.45, 2.75) is 31.7 Å². The highest BCUT2D eigenvalue weighted by Gasteiger charge is 2.29. The average Bonchev–Trinajstić information content (AvgIpc) is 2.35. The number of urea groups is 1. The maximum atomic E-state index is 11.3. The van der Waals surface area contributed by atoms with Gasteiger partial charge in [-0.1, -0.05) is 29.8 Å². The van der Waals surface area contributed by atoms with E-state index < -0.39 is 0 Å². The Morgan fingerprint density at radius 3 is 2.70 bits per heavy atom. The van der Waals surface area contributed by atoms with E-state index in [1.807, 2.05) is 0 Å². The fourth-order valence-corrected chi connectivity index (χ4v) is 2.58. The lowest BCUT2D eigenvalue weighted by molar-refractivity contribution is 0.216. The van der Waals surface area contributed by atoms with Crippen LogP contribution in [0.5, 0.6) is 0 Å². The highest BCUT2D eigenvalue weighted by atomic mass is 16.2. The van der Waals surface area contributed by atoms with Crippen LogP contribution in [0.2, 0.25) is 0 Å². The third-order valence-corrected chi connectivity index (χ3v) is 3.89.